The van der Waals surface area contributed by atoms with Gasteiger partial charge >= 0.3 is 0 Å². The number of carbonyl (C=O) groups excluding carboxylic acids is 1. The van der Waals surface area contributed by atoms with Crippen LogP contribution in [0.5, 0.6) is 0 Å². The zero-order valence-electron chi connectivity index (χ0n) is 29.1. The van der Waals surface area contributed by atoms with E-state index in [1.54, 1.807) is 7.05 Å². The molecular formula is C39H58N4O5. The van der Waals surface area contributed by atoms with E-state index in [1.165, 1.54) is 37.0 Å². The van der Waals surface area contributed by atoms with Crippen LogP contribution in [0.4, 0.5) is 0 Å². The molecule has 6 N–H and O–H groups in total. The van der Waals surface area contributed by atoms with Crippen molar-refractivity contribution in [2.24, 2.45) is 62.5 Å². The molecule has 0 aromatic heterocycles. The van der Waals surface area contributed by atoms with Gasteiger partial charge in [0.1, 0.15) is 5.60 Å². The Bertz CT molecular complexity index is 1420. The number of hydrogen-bond acceptors (Lipinski definition) is 7. The van der Waals surface area contributed by atoms with Crippen LogP contribution >= 0.6 is 0 Å². The van der Waals surface area contributed by atoms with Crippen LogP contribution < -0.4 is 21.1 Å². The number of nitrogens with two attached hydrogens (primary N) is 1. The van der Waals surface area contributed by atoms with E-state index >= 15 is 0 Å². The highest BCUT2D eigenvalue weighted by atomic mass is 16.5. The van der Waals surface area contributed by atoms with Gasteiger partial charge in [-0.05, 0) is 99.3 Å². The van der Waals surface area contributed by atoms with Gasteiger partial charge in [0.05, 0.1) is 37.9 Å². The van der Waals surface area contributed by atoms with Gasteiger partial charge in [-0.1, -0.05) is 49.6 Å². The molecule has 2 saturated heterocycles. The van der Waals surface area contributed by atoms with Crippen molar-refractivity contribution in [3.8, 4) is 0 Å². The summed E-state index contributed by atoms with van der Waals surface area (Å²) in [6, 6.07) is 0. The first-order valence-electron chi connectivity index (χ1n) is 19.2. The lowest BCUT2D eigenvalue weighted by atomic mass is 9.45. The molecule has 264 valence electrons. The topological polar surface area (TPSA) is 145 Å². The van der Waals surface area contributed by atoms with E-state index in [2.05, 4.69) is 41.5 Å². The first kappa shape index (κ1) is 33.1. The first-order valence-corrected chi connectivity index (χ1v) is 19.2. The number of likely N-dealkylation sites (tertiary alicyclic amines) is 1. The number of carbonyl (C=O) groups is 1. The van der Waals surface area contributed by atoms with Crippen molar-refractivity contribution >= 4 is 11.9 Å². The summed E-state index contributed by atoms with van der Waals surface area (Å²) in [7, 11) is 1.75. The Balaban J connectivity index is 1.19. The molecule has 12 unspecified atom stereocenters. The van der Waals surface area contributed by atoms with Crippen LogP contribution in [-0.2, 0) is 9.53 Å². The van der Waals surface area contributed by atoms with E-state index in [4.69, 9.17) is 10.5 Å². The van der Waals surface area contributed by atoms with Crippen LogP contribution in [0.25, 0.3) is 0 Å². The number of guanidine groups is 1. The minimum absolute atomic E-state index is 0.0211. The van der Waals surface area contributed by atoms with Crippen LogP contribution in [0.1, 0.15) is 84.0 Å². The summed E-state index contributed by atoms with van der Waals surface area (Å²) in [6.07, 6.45) is 20.6. The summed E-state index contributed by atoms with van der Waals surface area (Å²) < 4.78 is 7.18. The number of fused-ring (bicyclic) bond motifs is 4. The number of nitrogens with one attached hydrogen (secondary N) is 2. The van der Waals surface area contributed by atoms with E-state index < -0.39 is 23.1 Å². The van der Waals surface area contributed by atoms with Crippen molar-refractivity contribution in [1.29, 1.82) is 0 Å². The number of carboxylic acid groups (broad SMARTS) is 1. The summed E-state index contributed by atoms with van der Waals surface area (Å²) in [5, 5.41) is 39.8. The summed E-state index contributed by atoms with van der Waals surface area (Å²) >= 11 is 0. The fraction of sp³-hybridized carbons (Fsp3) is 0.795. The number of piperidine rings is 1. The number of aliphatic carboxylic acids is 1. The van der Waals surface area contributed by atoms with Crippen molar-refractivity contribution in [2.75, 3.05) is 39.8 Å². The zero-order valence-corrected chi connectivity index (χ0v) is 29.1. The molecular weight excluding hydrogens is 604 g/mol. The number of aliphatic hydroxyl groups excluding tert-OH is 1. The predicted octanol–water partition coefficient (Wildman–Crippen LogP) is 1.51. The summed E-state index contributed by atoms with van der Waals surface area (Å²) in [6.45, 7) is 5.29. The smallest absolute Gasteiger partial charge is 0.293 e. The molecule has 2 aliphatic heterocycles. The number of quaternary nitrogens is 1. The Morgan fingerprint density at radius 1 is 1.17 bits per heavy atom. The monoisotopic (exact) mass is 662 g/mol. The molecule has 8 aliphatic rings. The molecule has 0 aromatic carbocycles. The number of hydrogen-bond donors (Lipinski definition) is 5. The van der Waals surface area contributed by atoms with E-state index in [0.717, 1.165) is 50.9 Å². The quantitative estimate of drug-likeness (QED) is 0.165. The largest absolute Gasteiger partial charge is 0.545 e. The maximum absolute atomic E-state index is 13.5. The first-order chi connectivity index (χ1) is 23.1. The maximum atomic E-state index is 13.5. The fourth-order valence-corrected chi connectivity index (χ4v) is 14.1. The molecule has 6 fully saturated rings. The SMILES string of the molecule is CN=C(N)[NH+]1CCC(CNCCO)C2(C1)C1CCC(C)C23CC(O)(C2CCC4CC5(CCCC5)C5C=CC=CC5C4O2)C(C(=O)[O-])=C3C1. The van der Waals surface area contributed by atoms with Gasteiger partial charge in [-0.25, -0.2) is 4.99 Å². The highest BCUT2D eigenvalue weighted by Gasteiger charge is 2.77. The van der Waals surface area contributed by atoms with Crippen LogP contribution in [0, 0.1) is 51.8 Å². The standard InChI is InChI=1S/C39H58N4O5/c1-24-9-11-26-19-30-32(34(45)46)39(47,22-37(24,30)38(26)23-43(35(40)41-2)17-13-27(38)21-42-16-18-44)31-12-10-25-20-36(14-5-6-15-36)29-8-4-3-7-28(29)33(25)48-31/h3-4,7-8,24-29,31,33,42,44,47H,5-6,9-23H2,1-2H3,(H2,40,41)(H,45,46). The molecule has 6 aliphatic carbocycles. The van der Waals surface area contributed by atoms with Gasteiger partial charge in [-0.15, -0.1) is 0 Å². The number of carboxylic acids is 1. The van der Waals surface area contributed by atoms with Gasteiger partial charge in [-0.3, -0.25) is 4.90 Å². The molecule has 12 atom stereocenters. The minimum atomic E-state index is -1.61. The lowest BCUT2D eigenvalue weighted by Gasteiger charge is -2.61. The van der Waals surface area contributed by atoms with E-state index in [1.807, 2.05) is 0 Å². The van der Waals surface area contributed by atoms with E-state index in [0.29, 0.717) is 54.9 Å². The second-order valence-corrected chi connectivity index (χ2v) is 17.3. The van der Waals surface area contributed by atoms with Gasteiger partial charge in [0, 0.05) is 42.3 Å². The molecule has 0 aromatic rings. The number of allylic oxidation sites excluding steroid dienone is 4. The molecule has 3 spiro atoms. The maximum Gasteiger partial charge on any atom is 0.293 e. The van der Waals surface area contributed by atoms with Gasteiger partial charge in [0.25, 0.3) is 5.96 Å². The Morgan fingerprint density at radius 3 is 2.71 bits per heavy atom. The Labute approximate surface area is 286 Å². The average molecular weight is 663 g/mol. The van der Waals surface area contributed by atoms with Crippen LogP contribution in [-0.4, -0.2) is 79.8 Å². The highest BCUT2D eigenvalue weighted by Crippen LogP contribution is 2.77. The fourth-order valence-electron chi connectivity index (χ4n) is 14.1. The summed E-state index contributed by atoms with van der Waals surface area (Å²) in [5.74, 6) is 1.25. The number of nitrogens with zero attached hydrogens (tertiary/aromatic N) is 1. The molecule has 2 bridgehead atoms. The summed E-state index contributed by atoms with van der Waals surface area (Å²) in [4.78, 5) is 19.1. The van der Waals surface area contributed by atoms with Crippen LogP contribution in [0.15, 0.2) is 40.4 Å². The normalized spacial score (nSPS) is 47.4. The summed E-state index contributed by atoms with van der Waals surface area (Å²) in [5.41, 5.74) is 5.61. The highest BCUT2D eigenvalue weighted by molar-refractivity contribution is 5.90. The zero-order chi connectivity index (χ0) is 33.5. The van der Waals surface area contributed by atoms with Crippen molar-refractivity contribution in [3.05, 3.63) is 35.5 Å². The van der Waals surface area contributed by atoms with Gasteiger partial charge in [0.2, 0.25) is 0 Å². The van der Waals surface area contributed by atoms with Crippen molar-refractivity contribution < 1.29 is 29.8 Å². The molecule has 48 heavy (non-hydrogen) atoms. The molecule has 8 rings (SSSR count). The molecule has 9 nitrogen and oxygen atoms in total. The Morgan fingerprint density at radius 2 is 1.96 bits per heavy atom. The molecule has 0 radical (unpaired) electrons. The van der Waals surface area contributed by atoms with Crippen LogP contribution in [0.2, 0.25) is 0 Å². The molecule has 0 amide bonds. The number of ether oxygens (including phenoxy) is 1. The Hall–Kier alpha value is -2.04. The molecule has 4 saturated carbocycles. The second kappa shape index (κ2) is 12.0. The second-order valence-electron chi connectivity index (χ2n) is 17.3. The van der Waals surface area contributed by atoms with Crippen molar-refractivity contribution in [3.63, 3.8) is 0 Å². The molecule has 2 heterocycles. The number of rotatable bonds is 6. The minimum Gasteiger partial charge on any atom is -0.545 e. The number of aliphatic hydroxyl groups is 2. The Kier molecular flexibility index (Phi) is 8.31. The van der Waals surface area contributed by atoms with E-state index in [9.17, 15) is 20.1 Å². The van der Waals surface area contributed by atoms with Gasteiger partial charge in [0.15, 0.2) is 0 Å². The van der Waals surface area contributed by atoms with Crippen molar-refractivity contribution in [1.82, 2.24) is 5.32 Å². The van der Waals surface area contributed by atoms with Gasteiger partial charge < -0.3 is 35.9 Å². The van der Waals surface area contributed by atoms with Crippen LogP contribution in [0.3, 0.4) is 0 Å². The lowest BCUT2D eigenvalue weighted by Crippen LogP contribution is -3.19. The van der Waals surface area contributed by atoms with Crippen molar-refractivity contribution in [2.45, 2.75) is 102 Å². The molecule has 9 heteroatoms. The predicted molar refractivity (Wildman–Crippen MR) is 181 cm³/mol. The van der Waals surface area contributed by atoms with E-state index in [-0.39, 0.29) is 41.5 Å². The third-order valence-electron chi connectivity index (χ3n) is 15.8. The average Bonchev–Trinajstić information content (AvgIpc) is 3.71. The third-order valence-corrected chi connectivity index (χ3v) is 15.8. The third kappa shape index (κ3) is 4.45. The number of aliphatic imine (C=N–C) groups is 1. The lowest BCUT2D eigenvalue weighted by molar-refractivity contribution is -0.828. The van der Waals surface area contributed by atoms with Gasteiger partial charge in [-0.2, -0.15) is 0 Å².